The molecule has 1 atom stereocenters. The van der Waals surface area contributed by atoms with Crippen LogP contribution in [0.2, 0.25) is 0 Å². The Balaban J connectivity index is 0.00000121. The highest BCUT2D eigenvalue weighted by atomic mass is 16.5. The van der Waals surface area contributed by atoms with Crippen molar-refractivity contribution >= 4 is 5.97 Å². The minimum atomic E-state index is -0.789. The number of methoxy groups -OCH3 is 1. The highest BCUT2D eigenvalue weighted by Gasteiger charge is 2.17. The van der Waals surface area contributed by atoms with Crippen molar-refractivity contribution in [1.29, 1.82) is 0 Å². The lowest BCUT2D eigenvalue weighted by molar-refractivity contribution is -0.142. The van der Waals surface area contributed by atoms with Gasteiger partial charge in [0, 0.05) is 7.88 Å². The number of nitrogens with zero attached hydrogens (tertiary/aromatic N) is 3. The largest absolute Gasteiger partial charge is 0.469 e. The molecular formula is C10H13N3O2. The first-order chi connectivity index (χ1) is 8.27. The minimum absolute atomic E-state index is 0.359. The third kappa shape index (κ3) is 3.32. The molecule has 0 amide bonds. The number of hydrogen-bond acceptors (Lipinski definition) is 3. The predicted molar refractivity (Wildman–Crippen MR) is 57.2 cm³/mol. The molecule has 0 saturated carbocycles. The van der Waals surface area contributed by atoms with Gasteiger partial charge >= 0.3 is 5.97 Å². The summed E-state index contributed by atoms with van der Waals surface area (Å²) < 4.78 is 14.5. The minimum Gasteiger partial charge on any atom is -0.469 e. The lowest BCUT2D eigenvalue weighted by Crippen LogP contribution is -2.22. The zero-order valence-corrected chi connectivity index (χ0v) is 8.33. The van der Waals surface area contributed by atoms with Crippen LogP contribution in [0.1, 0.15) is 8.53 Å². The zero-order chi connectivity index (χ0) is 13.1. The third-order valence-electron chi connectivity index (χ3n) is 1.94. The number of azide groups is 1. The molecule has 0 aromatic heterocycles. The highest BCUT2D eigenvalue weighted by Crippen LogP contribution is 2.07. The lowest BCUT2D eigenvalue weighted by atomic mass is 10.1. The molecule has 0 N–H and O–H groups in total. The summed E-state index contributed by atoms with van der Waals surface area (Å²) in [6.07, 6.45) is 0.359. The van der Waals surface area contributed by atoms with E-state index >= 15 is 0 Å². The van der Waals surface area contributed by atoms with Crippen molar-refractivity contribution in [1.82, 2.24) is 0 Å². The maximum Gasteiger partial charge on any atom is 0.314 e. The standard InChI is InChI=1S/C10H11N3O2.H2/c1-15-10(14)9(12-13-11)7-8-5-3-2-4-6-8;/h2-6,9H,7H2,1H3;1H/i;1+1D. The molecule has 80 valence electrons. The van der Waals surface area contributed by atoms with Crippen molar-refractivity contribution in [3.05, 3.63) is 46.3 Å². The van der Waals surface area contributed by atoms with Crippen molar-refractivity contribution in [2.75, 3.05) is 7.11 Å². The second-order valence-corrected chi connectivity index (χ2v) is 2.93. The van der Waals surface area contributed by atoms with Gasteiger partial charge in [-0.2, -0.15) is 0 Å². The molecule has 0 radical (unpaired) electrons. The summed E-state index contributed by atoms with van der Waals surface area (Å²) >= 11 is 0. The zero-order valence-electron chi connectivity index (χ0n) is 10.3. The van der Waals surface area contributed by atoms with E-state index in [9.17, 15) is 4.79 Å². The Morgan fingerprint density at radius 1 is 1.67 bits per heavy atom. The van der Waals surface area contributed by atoms with Gasteiger partial charge in [-0.15, -0.1) is 0 Å². The van der Waals surface area contributed by atoms with Crippen LogP contribution >= 0.6 is 0 Å². The van der Waals surface area contributed by atoms with Crippen LogP contribution in [-0.2, 0) is 16.0 Å². The highest BCUT2D eigenvalue weighted by molar-refractivity contribution is 5.76. The first-order valence-electron chi connectivity index (χ1n) is 5.44. The van der Waals surface area contributed by atoms with Crippen molar-refractivity contribution in [2.24, 2.45) is 5.11 Å². The number of ether oxygens (including phenoxy) is 1. The Bertz CT molecular complexity index is 380. The molecule has 0 aliphatic rings. The molecule has 1 unspecified atom stereocenters. The number of rotatable bonds is 4. The van der Waals surface area contributed by atoms with E-state index in [2.05, 4.69) is 14.8 Å². The van der Waals surface area contributed by atoms with E-state index < -0.39 is 12.0 Å². The van der Waals surface area contributed by atoms with E-state index in [0.29, 0.717) is 6.42 Å². The molecule has 0 fully saturated rings. The summed E-state index contributed by atoms with van der Waals surface area (Å²) in [5.41, 5.74) is 9.24. The van der Waals surface area contributed by atoms with E-state index in [-0.39, 0.29) is 0 Å². The summed E-state index contributed by atoms with van der Waals surface area (Å²) in [5.74, 6) is -0.517. The molecule has 15 heavy (non-hydrogen) atoms. The van der Waals surface area contributed by atoms with Gasteiger partial charge in [0.2, 0.25) is 0 Å². The average molecular weight is 209 g/mol. The topological polar surface area (TPSA) is 75.1 Å². The molecule has 0 aliphatic heterocycles. The van der Waals surface area contributed by atoms with Gasteiger partial charge < -0.3 is 4.74 Å². The van der Waals surface area contributed by atoms with Crippen LogP contribution in [0.5, 0.6) is 0 Å². The Kier molecular flexibility index (Phi) is 3.61. The van der Waals surface area contributed by atoms with Crippen molar-refractivity contribution < 1.29 is 12.5 Å². The van der Waals surface area contributed by atoms with Crippen LogP contribution in [0.4, 0.5) is 0 Å². The van der Waals surface area contributed by atoms with Gasteiger partial charge in [-0.05, 0) is 17.5 Å². The molecule has 5 nitrogen and oxygen atoms in total. The first kappa shape index (κ1) is 9.55. The smallest absolute Gasteiger partial charge is 0.314 e. The van der Waals surface area contributed by atoms with Gasteiger partial charge in [-0.3, -0.25) is 4.79 Å². The monoisotopic (exact) mass is 209 g/mol. The summed E-state index contributed by atoms with van der Waals surface area (Å²) in [7, 11) is 1.27. The predicted octanol–water partition coefficient (Wildman–Crippen LogP) is 2.33. The number of benzene rings is 1. The Labute approximate surface area is 90.4 Å². The SMILES string of the molecule is COC(=O)C(Cc1ccccc1)N=[N+]=[N-].[2H][2H]. The summed E-state index contributed by atoms with van der Waals surface area (Å²) in [6.45, 7) is 0. The Morgan fingerprint density at radius 3 is 2.87 bits per heavy atom. The van der Waals surface area contributed by atoms with Crippen molar-refractivity contribution in [2.45, 2.75) is 12.5 Å². The van der Waals surface area contributed by atoms with Gasteiger partial charge in [0.15, 0.2) is 0 Å². The van der Waals surface area contributed by atoms with Crippen LogP contribution in [-0.4, -0.2) is 19.1 Å². The van der Waals surface area contributed by atoms with Gasteiger partial charge in [0.05, 0.1) is 7.11 Å². The maximum absolute atomic E-state index is 11.2. The first-order valence-corrected chi connectivity index (χ1v) is 4.44. The fourth-order valence-electron chi connectivity index (χ4n) is 1.21. The second-order valence-electron chi connectivity index (χ2n) is 2.93. The quantitative estimate of drug-likeness (QED) is 0.330. The summed E-state index contributed by atoms with van der Waals surface area (Å²) in [5, 5.41) is 3.40. The third-order valence-corrected chi connectivity index (χ3v) is 1.94. The molecule has 0 spiro atoms. The molecular weight excluding hydrogens is 194 g/mol. The fourth-order valence-corrected chi connectivity index (χ4v) is 1.21. The van der Waals surface area contributed by atoms with Crippen LogP contribution in [0.3, 0.4) is 0 Å². The van der Waals surface area contributed by atoms with Gasteiger partial charge in [-0.25, -0.2) is 0 Å². The molecule has 1 aromatic carbocycles. The molecule has 1 rings (SSSR count). The normalized spacial score (nSPS) is 11.8. The second kappa shape index (κ2) is 5.67. The van der Waals surface area contributed by atoms with Gasteiger partial charge in [0.25, 0.3) is 0 Å². The molecule has 0 bridgehead atoms. The summed E-state index contributed by atoms with van der Waals surface area (Å²) in [6, 6.07) is 8.54. The number of carbonyl (C=O) groups excluding carboxylic acids is 1. The average Bonchev–Trinajstić information content (AvgIpc) is 2.41. The van der Waals surface area contributed by atoms with Gasteiger partial charge in [0.1, 0.15) is 6.04 Å². The number of esters is 1. The molecule has 5 heteroatoms. The fraction of sp³-hybridized carbons (Fsp3) is 0.300. The van der Waals surface area contributed by atoms with Gasteiger partial charge in [-0.1, -0.05) is 35.4 Å². The Morgan fingerprint density at radius 2 is 2.33 bits per heavy atom. The van der Waals surface area contributed by atoms with E-state index in [0.717, 1.165) is 5.56 Å². The summed E-state index contributed by atoms with van der Waals surface area (Å²) in [4.78, 5) is 13.8. The van der Waals surface area contributed by atoms with E-state index in [1.807, 2.05) is 30.3 Å². The van der Waals surface area contributed by atoms with Crippen LogP contribution in [0, 0.1) is 0 Å². The molecule has 0 saturated heterocycles. The van der Waals surface area contributed by atoms with Crippen LogP contribution in [0.15, 0.2) is 35.4 Å². The van der Waals surface area contributed by atoms with E-state index in [4.69, 9.17) is 8.50 Å². The number of carbonyl (C=O) groups is 1. The van der Waals surface area contributed by atoms with E-state index in [1.165, 1.54) is 7.11 Å². The Hall–Kier alpha value is -2.00. The lowest BCUT2D eigenvalue weighted by Gasteiger charge is -2.08. The maximum atomic E-state index is 11.2. The van der Waals surface area contributed by atoms with Crippen LogP contribution in [0.25, 0.3) is 10.4 Å². The molecule has 1 aromatic rings. The van der Waals surface area contributed by atoms with Crippen molar-refractivity contribution in [3.8, 4) is 0 Å². The van der Waals surface area contributed by atoms with Crippen molar-refractivity contribution in [3.63, 3.8) is 0 Å². The number of hydrogen-bond donors (Lipinski definition) is 0. The van der Waals surface area contributed by atoms with Crippen LogP contribution < -0.4 is 0 Å². The molecule has 0 heterocycles. The molecule has 0 aliphatic carbocycles. The van der Waals surface area contributed by atoms with E-state index in [1.54, 1.807) is 0 Å².